The van der Waals surface area contributed by atoms with Gasteiger partial charge >= 0.3 is 0 Å². The SMILES string of the molecule is O=C(COc1ccc([N+](=O)[O-])cc1)N/N=C/c1ccccc1Cl. The molecule has 0 saturated heterocycles. The van der Waals surface area contributed by atoms with Crippen molar-refractivity contribution in [2.45, 2.75) is 0 Å². The number of nitrogens with one attached hydrogen (secondary N) is 1. The van der Waals surface area contributed by atoms with Crippen LogP contribution in [0, 0.1) is 10.1 Å². The summed E-state index contributed by atoms with van der Waals surface area (Å²) in [6.45, 7) is -0.266. The normalized spacial score (nSPS) is 10.5. The van der Waals surface area contributed by atoms with Crippen LogP contribution in [0.1, 0.15) is 5.56 Å². The largest absolute Gasteiger partial charge is 0.484 e. The van der Waals surface area contributed by atoms with E-state index < -0.39 is 10.8 Å². The number of halogens is 1. The molecule has 2 aromatic rings. The zero-order valence-corrected chi connectivity index (χ0v) is 12.6. The van der Waals surface area contributed by atoms with E-state index in [1.54, 1.807) is 24.3 Å². The molecule has 2 aromatic carbocycles. The van der Waals surface area contributed by atoms with Crippen LogP contribution in [0.5, 0.6) is 5.75 Å². The highest BCUT2D eigenvalue weighted by molar-refractivity contribution is 6.33. The van der Waals surface area contributed by atoms with Gasteiger partial charge in [0, 0.05) is 22.7 Å². The maximum atomic E-state index is 11.6. The fourth-order valence-electron chi connectivity index (χ4n) is 1.60. The van der Waals surface area contributed by atoms with E-state index >= 15 is 0 Å². The van der Waals surface area contributed by atoms with Crippen molar-refractivity contribution in [3.05, 3.63) is 69.2 Å². The zero-order valence-electron chi connectivity index (χ0n) is 11.8. The number of carbonyl (C=O) groups is 1. The summed E-state index contributed by atoms with van der Waals surface area (Å²) < 4.78 is 5.19. The molecule has 0 unspecified atom stereocenters. The highest BCUT2D eigenvalue weighted by Gasteiger charge is 2.06. The second-order valence-electron chi connectivity index (χ2n) is 4.35. The number of hydrogen-bond donors (Lipinski definition) is 1. The van der Waals surface area contributed by atoms with Crippen molar-refractivity contribution in [2.24, 2.45) is 5.10 Å². The summed E-state index contributed by atoms with van der Waals surface area (Å²) in [5.74, 6) is -0.118. The van der Waals surface area contributed by atoms with Gasteiger partial charge in [0.2, 0.25) is 0 Å². The number of amides is 1. The first-order valence-corrected chi connectivity index (χ1v) is 6.88. The van der Waals surface area contributed by atoms with Crippen LogP contribution >= 0.6 is 11.6 Å². The lowest BCUT2D eigenvalue weighted by Gasteiger charge is -2.04. The molecule has 0 radical (unpaired) electrons. The van der Waals surface area contributed by atoms with Crippen LogP contribution < -0.4 is 10.2 Å². The second-order valence-corrected chi connectivity index (χ2v) is 4.76. The summed E-state index contributed by atoms with van der Waals surface area (Å²) in [5.41, 5.74) is 2.92. The highest BCUT2D eigenvalue weighted by Crippen LogP contribution is 2.17. The van der Waals surface area contributed by atoms with Crippen LogP contribution in [-0.2, 0) is 4.79 Å². The minimum absolute atomic E-state index is 0.0499. The van der Waals surface area contributed by atoms with Gasteiger partial charge in [-0.3, -0.25) is 14.9 Å². The number of hydrogen-bond acceptors (Lipinski definition) is 5. The van der Waals surface area contributed by atoms with E-state index in [2.05, 4.69) is 10.5 Å². The van der Waals surface area contributed by atoms with Gasteiger partial charge in [-0.05, 0) is 18.2 Å². The fraction of sp³-hybridized carbons (Fsp3) is 0.0667. The van der Waals surface area contributed by atoms with E-state index in [1.807, 2.05) is 0 Å². The lowest BCUT2D eigenvalue weighted by Crippen LogP contribution is -2.24. The summed E-state index contributed by atoms with van der Waals surface area (Å²) in [4.78, 5) is 21.6. The monoisotopic (exact) mass is 333 g/mol. The number of hydrazone groups is 1. The van der Waals surface area contributed by atoms with Gasteiger partial charge in [0.1, 0.15) is 5.75 Å². The van der Waals surface area contributed by atoms with Crippen molar-refractivity contribution in [3.63, 3.8) is 0 Å². The number of carbonyl (C=O) groups excluding carboxylic acids is 1. The summed E-state index contributed by atoms with van der Waals surface area (Å²) >= 11 is 5.94. The van der Waals surface area contributed by atoms with Crippen molar-refractivity contribution in [2.75, 3.05) is 6.61 Å². The molecule has 118 valence electrons. The topological polar surface area (TPSA) is 93.8 Å². The van der Waals surface area contributed by atoms with Crippen molar-refractivity contribution < 1.29 is 14.5 Å². The van der Waals surface area contributed by atoms with E-state index in [9.17, 15) is 14.9 Å². The van der Waals surface area contributed by atoms with Crippen LogP contribution in [0.15, 0.2) is 53.6 Å². The first-order chi connectivity index (χ1) is 11.1. The van der Waals surface area contributed by atoms with Gasteiger partial charge < -0.3 is 4.74 Å². The van der Waals surface area contributed by atoms with Crippen molar-refractivity contribution >= 4 is 29.4 Å². The van der Waals surface area contributed by atoms with Crippen molar-refractivity contribution in [1.29, 1.82) is 0 Å². The average Bonchev–Trinajstić information content (AvgIpc) is 2.55. The molecule has 0 aliphatic rings. The molecular weight excluding hydrogens is 322 g/mol. The summed E-state index contributed by atoms with van der Waals surface area (Å²) in [7, 11) is 0. The minimum Gasteiger partial charge on any atom is -0.484 e. The standard InChI is InChI=1S/C15H12ClN3O4/c16-14-4-2-1-3-11(14)9-17-18-15(20)10-23-13-7-5-12(6-8-13)19(21)22/h1-9H,10H2,(H,18,20)/b17-9+. The molecule has 0 aliphatic heterocycles. The van der Waals surface area contributed by atoms with E-state index in [0.29, 0.717) is 16.3 Å². The van der Waals surface area contributed by atoms with Gasteiger partial charge in [0.25, 0.3) is 11.6 Å². The third-order valence-corrected chi connectivity index (χ3v) is 3.06. The number of rotatable bonds is 6. The first kappa shape index (κ1) is 16.4. The molecule has 0 spiro atoms. The maximum absolute atomic E-state index is 11.6. The lowest BCUT2D eigenvalue weighted by atomic mass is 10.2. The third kappa shape index (κ3) is 5.08. The molecule has 0 heterocycles. The van der Waals surface area contributed by atoms with Gasteiger partial charge in [-0.2, -0.15) is 5.10 Å². The number of benzene rings is 2. The van der Waals surface area contributed by atoms with Crippen LogP contribution in [-0.4, -0.2) is 23.7 Å². The van der Waals surface area contributed by atoms with Crippen LogP contribution in [0.25, 0.3) is 0 Å². The Morgan fingerprint density at radius 2 is 1.96 bits per heavy atom. The Labute approximate surface area is 136 Å². The number of nitrogens with zero attached hydrogens (tertiary/aromatic N) is 2. The first-order valence-electron chi connectivity index (χ1n) is 6.50. The molecule has 0 saturated carbocycles. The zero-order chi connectivity index (χ0) is 16.7. The van der Waals surface area contributed by atoms with Crippen molar-refractivity contribution in [1.82, 2.24) is 5.43 Å². The Balaban J connectivity index is 1.81. The molecule has 0 fully saturated rings. The number of ether oxygens (including phenoxy) is 1. The smallest absolute Gasteiger partial charge is 0.277 e. The molecule has 0 aromatic heterocycles. The average molecular weight is 334 g/mol. The summed E-state index contributed by atoms with van der Waals surface area (Å²) in [6, 6.07) is 12.5. The van der Waals surface area contributed by atoms with Gasteiger partial charge in [0.05, 0.1) is 11.1 Å². The van der Waals surface area contributed by atoms with Gasteiger partial charge in [-0.25, -0.2) is 5.43 Å². The van der Waals surface area contributed by atoms with Crippen LogP contribution in [0.3, 0.4) is 0 Å². The molecule has 0 aliphatic carbocycles. The molecule has 0 bridgehead atoms. The van der Waals surface area contributed by atoms with E-state index in [0.717, 1.165) is 0 Å². The molecule has 0 atom stereocenters. The molecule has 1 N–H and O–H groups in total. The van der Waals surface area contributed by atoms with Gasteiger partial charge in [-0.15, -0.1) is 0 Å². The van der Waals surface area contributed by atoms with Crippen LogP contribution in [0.4, 0.5) is 5.69 Å². The predicted molar refractivity (Wildman–Crippen MR) is 85.8 cm³/mol. The highest BCUT2D eigenvalue weighted by atomic mass is 35.5. The molecule has 7 nitrogen and oxygen atoms in total. The summed E-state index contributed by atoms with van der Waals surface area (Å²) in [6.07, 6.45) is 1.42. The predicted octanol–water partition coefficient (Wildman–Crippen LogP) is 2.78. The Bertz CT molecular complexity index is 732. The third-order valence-electron chi connectivity index (χ3n) is 2.72. The Hall–Kier alpha value is -2.93. The quantitative estimate of drug-likeness (QED) is 0.499. The molecule has 1 amide bonds. The van der Waals surface area contributed by atoms with Gasteiger partial charge in [0.15, 0.2) is 6.61 Å². The number of non-ortho nitro benzene ring substituents is 1. The summed E-state index contributed by atoms with van der Waals surface area (Å²) in [5, 5.41) is 14.8. The number of nitro groups is 1. The molecule has 23 heavy (non-hydrogen) atoms. The maximum Gasteiger partial charge on any atom is 0.277 e. The number of nitro benzene ring substituents is 1. The molecular formula is C15H12ClN3O4. The van der Waals surface area contributed by atoms with Crippen LogP contribution in [0.2, 0.25) is 5.02 Å². The van der Waals surface area contributed by atoms with Gasteiger partial charge in [-0.1, -0.05) is 29.8 Å². The fourth-order valence-corrected chi connectivity index (χ4v) is 1.78. The molecule has 8 heteroatoms. The lowest BCUT2D eigenvalue weighted by molar-refractivity contribution is -0.384. The Morgan fingerprint density at radius 3 is 2.61 bits per heavy atom. The Morgan fingerprint density at radius 1 is 1.26 bits per heavy atom. The van der Waals surface area contributed by atoms with E-state index in [1.165, 1.54) is 30.5 Å². The minimum atomic E-state index is -0.514. The van der Waals surface area contributed by atoms with E-state index in [4.69, 9.17) is 16.3 Å². The molecule has 2 rings (SSSR count). The van der Waals surface area contributed by atoms with E-state index in [-0.39, 0.29) is 12.3 Å². The Kier molecular flexibility index (Phi) is 5.65. The van der Waals surface area contributed by atoms with Crippen molar-refractivity contribution in [3.8, 4) is 5.75 Å². The second kappa shape index (κ2) is 7.90.